The number of benzene rings is 1. The maximum absolute atomic E-state index is 12.1. The van der Waals surface area contributed by atoms with Gasteiger partial charge < -0.3 is 10.1 Å². The van der Waals surface area contributed by atoms with Crippen LogP contribution in [0.15, 0.2) is 34.0 Å². The number of carbonyl (C=O) groups excluding carboxylic acids is 1. The van der Waals surface area contributed by atoms with Crippen molar-refractivity contribution in [2.45, 2.75) is 24.1 Å². The zero-order valence-corrected chi connectivity index (χ0v) is 14.7. The SMILES string of the molecule is CCSc1nc(CC(=O)NC[C@@H]2COc3ccccc3C2)cs1. The summed E-state index contributed by atoms with van der Waals surface area (Å²) in [6, 6.07) is 8.10. The average Bonchev–Trinajstić information content (AvgIpc) is 3.00. The molecule has 1 aromatic heterocycles. The molecule has 1 aromatic carbocycles. The van der Waals surface area contributed by atoms with Crippen LogP contribution in [0.25, 0.3) is 0 Å². The quantitative estimate of drug-likeness (QED) is 0.815. The first-order valence-electron chi connectivity index (χ1n) is 7.79. The van der Waals surface area contributed by atoms with Gasteiger partial charge in [-0.15, -0.1) is 11.3 Å². The van der Waals surface area contributed by atoms with Crippen LogP contribution >= 0.6 is 23.1 Å². The molecule has 0 spiro atoms. The van der Waals surface area contributed by atoms with Crippen LogP contribution in [0.2, 0.25) is 0 Å². The number of hydrogen-bond acceptors (Lipinski definition) is 5. The zero-order chi connectivity index (χ0) is 16.1. The van der Waals surface area contributed by atoms with Crippen molar-refractivity contribution in [2.24, 2.45) is 5.92 Å². The summed E-state index contributed by atoms with van der Waals surface area (Å²) in [5, 5.41) is 4.98. The molecule has 1 aliphatic heterocycles. The first-order valence-corrected chi connectivity index (χ1v) is 9.65. The van der Waals surface area contributed by atoms with E-state index < -0.39 is 0 Å². The summed E-state index contributed by atoms with van der Waals surface area (Å²) in [6.07, 6.45) is 1.30. The molecule has 6 heteroatoms. The lowest BCUT2D eigenvalue weighted by Crippen LogP contribution is -2.35. The number of ether oxygens (including phenoxy) is 1. The number of carbonyl (C=O) groups is 1. The molecule has 0 radical (unpaired) electrons. The van der Waals surface area contributed by atoms with Crippen molar-refractivity contribution in [1.29, 1.82) is 0 Å². The van der Waals surface area contributed by atoms with Gasteiger partial charge >= 0.3 is 0 Å². The minimum Gasteiger partial charge on any atom is -0.493 e. The molecule has 1 atom stereocenters. The minimum absolute atomic E-state index is 0.0298. The summed E-state index contributed by atoms with van der Waals surface area (Å²) in [5.74, 6) is 2.33. The van der Waals surface area contributed by atoms with E-state index in [-0.39, 0.29) is 5.91 Å². The molecule has 23 heavy (non-hydrogen) atoms. The Morgan fingerprint density at radius 2 is 2.35 bits per heavy atom. The van der Waals surface area contributed by atoms with E-state index in [0.29, 0.717) is 25.5 Å². The van der Waals surface area contributed by atoms with Gasteiger partial charge in [-0.3, -0.25) is 4.79 Å². The Bertz CT molecular complexity index is 672. The number of amides is 1. The normalized spacial score (nSPS) is 16.5. The standard InChI is InChI=1S/C17H20N2O2S2/c1-2-22-17-19-14(11-23-17)8-16(20)18-9-12-7-13-5-3-4-6-15(13)21-10-12/h3-6,11-12H,2,7-10H2,1H3,(H,18,20)/t12-/m1/s1. The predicted octanol–water partition coefficient (Wildman–Crippen LogP) is 3.17. The van der Waals surface area contributed by atoms with Crippen molar-refractivity contribution >= 4 is 29.0 Å². The molecule has 4 nitrogen and oxygen atoms in total. The van der Waals surface area contributed by atoms with E-state index in [2.05, 4.69) is 23.3 Å². The highest BCUT2D eigenvalue weighted by Gasteiger charge is 2.20. The lowest BCUT2D eigenvalue weighted by Gasteiger charge is -2.25. The summed E-state index contributed by atoms with van der Waals surface area (Å²) in [6.45, 7) is 3.40. The van der Waals surface area contributed by atoms with Crippen molar-refractivity contribution in [3.63, 3.8) is 0 Å². The van der Waals surface area contributed by atoms with Gasteiger partial charge in [-0.05, 0) is 23.8 Å². The number of hydrogen-bond donors (Lipinski definition) is 1. The molecule has 0 fully saturated rings. The van der Waals surface area contributed by atoms with Crippen LogP contribution < -0.4 is 10.1 Å². The molecule has 3 rings (SSSR count). The van der Waals surface area contributed by atoms with Crippen LogP contribution in [0, 0.1) is 5.92 Å². The number of nitrogens with zero attached hydrogens (tertiary/aromatic N) is 1. The van der Waals surface area contributed by atoms with Gasteiger partial charge in [0.15, 0.2) is 0 Å². The van der Waals surface area contributed by atoms with E-state index in [1.807, 2.05) is 23.6 Å². The summed E-state index contributed by atoms with van der Waals surface area (Å²) in [5.41, 5.74) is 2.08. The molecule has 1 aliphatic rings. The molecule has 1 N–H and O–H groups in total. The number of thioether (sulfide) groups is 1. The highest BCUT2D eigenvalue weighted by atomic mass is 32.2. The third-order valence-electron chi connectivity index (χ3n) is 3.68. The number of thiazole rings is 1. The first-order chi connectivity index (χ1) is 11.2. The Kier molecular flexibility index (Phi) is 5.56. The van der Waals surface area contributed by atoms with Crippen molar-refractivity contribution in [3.05, 3.63) is 40.9 Å². The Labute approximate surface area is 144 Å². The van der Waals surface area contributed by atoms with E-state index in [9.17, 15) is 4.79 Å². The molecule has 0 unspecified atom stereocenters. The monoisotopic (exact) mass is 348 g/mol. The minimum atomic E-state index is 0.0298. The molecule has 122 valence electrons. The maximum Gasteiger partial charge on any atom is 0.226 e. The van der Waals surface area contributed by atoms with Crippen LogP contribution in [0.4, 0.5) is 0 Å². The van der Waals surface area contributed by atoms with Gasteiger partial charge in [0.05, 0.1) is 18.7 Å². The maximum atomic E-state index is 12.1. The zero-order valence-electron chi connectivity index (χ0n) is 13.1. The molecule has 0 saturated heterocycles. The average molecular weight is 348 g/mol. The van der Waals surface area contributed by atoms with E-state index in [0.717, 1.165) is 28.0 Å². The van der Waals surface area contributed by atoms with Crippen LogP contribution in [-0.2, 0) is 17.6 Å². The second-order valence-corrected chi connectivity index (χ2v) is 7.88. The first kappa shape index (κ1) is 16.3. The number of nitrogens with one attached hydrogen (secondary N) is 1. The van der Waals surface area contributed by atoms with Crippen LogP contribution in [0.5, 0.6) is 5.75 Å². The largest absolute Gasteiger partial charge is 0.493 e. The molecule has 0 bridgehead atoms. The molecule has 0 aliphatic carbocycles. The molecule has 0 saturated carbocycles. The summed E-state index contributed by atoms with van der Waals surface area (Å²) in [4.78, 5) is 16.5. The van der Waals surface area contributed by atoms with Crippen molar-refractivity contribution in [1.82, 2.24) is 10.3 Å². The molecular weight excluding hydrogens is 328 g/mol. The van der Waals surface area contributed by atoms with Crippen LogP contribution in [0.3, 0.4) is 0 Å². The Hall–Kier alpha value is -1.53. The van der Waals surface area contributed by atoms with Crippen LogP contribution in [-0.4, -0.2) is 29.8 Å². The van der Waals surface area contributed by atoms with E-state index >= 15 is 0 Å². The second kappa shape index (κ2) is 7.84. The van der Waals surface area contributed by atoms with E-state index in [1.54, 1.807) is 23.1 Å². The Morgan fingerprint density at radius 3 is 3.22 bits per heavy atom. The lowest BCUT2D eigenvalue weighted by atomic mass is 9.97. The van der Waals surface area contributed by atoms with Gasteiger partial charge in [-0.1, -0.05) is 36.9 Å². The molecule has 2 aromatic rings. The molecular formula is C17H20N2O2S2. The predicted molar refractivity (Wildman–Crippen MR) is 94.4 cm³/mol. The smallest absolute Gasteiger partial charge is 0.226 e. The highest BCUT2D eigenvalue weighted by Crippen LogP contribution is 2.26. The van der Waals surface area contributed by atoms with Gasteiger partial charge in [0.1, 0.15) is 10.1 Å². The second-order valence-electron chi connectivity index (χ2n) is 5.51. The van der Waals surface area contributed by atoms with Crippen molar-refractivity contribution in [2.75, 3.05) is 18.9 Å². The number of rotatable bonds is 6. The third-order valence-corrected chi connectivity index (χ3v) is 5.64. The highest BCUT2D eigenvalue weighted by molar-refractivity contribution is 8.00. The van der Waals surface area contributed by atoms with Gasteiger partial charge in [0, 0.05) is 17.8 Å². The topological polar surface area (TPSA) is 51.2 Å². The van der Waals surface area contributed by atoms with Gasteiger partial charge in [0.2, 0.25) is 5.91 Å². The third kappa shape index (κ3) is 4.48. The fraction of sp³-hybridized carbons (Fsp3) is 0.412. The summed E-state index contributed by atoms with van der Waals surface area (Å²) < 4.78 is 6.79. The van der Waals surface area contributed by atoms with E-state index in [1.165, 1.54) is 5.56 Å². The fourth-order valence-electron chi connectivity index (χ4n) is 2.57. The van der Waals surface area contributed by atoms with Crippen molar-refractivity contribution < 1.29 is 9.53 Å². The van der Waals surface area contributed by atoms with Gasteiger partial charge in [-0.2, -0.15) is 0 Å². The molecule has 2 heterocycles. The fourth-order valence-corrected chi connectivity index (χ4v) is 4.31. The van der Waals surface area contributed by atoms with Crippen LogP contribution in [0.1, 0.15) is 18.2 Å². The van der Waals surface area contributed by atoms with Gasteiger partial charge in [0.25, 0.3) is 0 Å². The lowest BCUT2D eigenvalue weighted by molar-refractivity contribution is -0.120. The number of para-hydroxylation sites is 1. The molecule has 1 amide bonds. The summed E-state index contributed by atoms with van der Waals surface area (Å²) >= 11 is 3.32. The Morgan fingerprint density at radius 1 is 1.48 bits per heavy atom. The Balaban J connectivity index is 1.46. The number of fused-ring (bicyclic) bond motifs is 1. The van der Waals surface area contributed by atoms with Gasteiger partial charge in [-0.25, -0.2) is 4.98 Å². The summed E-state index contributed by atoms with van der Waals surface area (Å²) in [7, 11) is 0. The van der Waals surface area contributed by atoms with E-state index in [4.69, 9.17) is 4.74 Å². The number of aromatic nitrogens is 1. The van der Waals surface area contributed by atoms with Crippen molar-refractivity contribution in [3.8, 4) is 5.75 Å².